The van der Waals surface area contributed by atoms with Gasteiger partial charge in [0.2, 0.25) is 0 Å². The number of esters is 1. The van der Waals surface area contributed by atoms with Crippen LogP contribution in [0.5, 0.6) is 11.5 Å². The number of aryl methyl sites for hydroxylation is 1. The molecular weight excluding hydrogens is 484 g/mol. The van der Waals surface area contributed by atoms with E-state index in [1.165, 1.54) is 11.1 Å². The zero-order chi connectivity index (χ0) is 19.9. The van der Waals surface area contributed by atoms with Crippen LogP contribution < -0.4 is 9.47 Å². The molecule has 0 amide bonds. The van der Waals surface area contributed by atoms with Gasteiger partial charge < -0.3 is 9.47 Å². The summed E-state index contributed by atoms with van der Waals surface area (Å²) < 4.78 is 12.8. The molecule has 0 bridgehead atoms. The van der Waals surface area contributed by atoms with Crippen LogP contribution in [0, 0.1) is 0 Å². The normalized spacial score (nSPS) is 10.5. The molecule has 0 aliphatic rings. The Morgan fingerprint density at radius 1 is 0.857 bits per heavy atom. The molecule has 3 nitrogen and oxygen atoms in total. The van der Waals surface area contributed by atoms with E-state index in [-0.39, 0.29) is 0 Å². The van der Waals surface area contributed by atoms with Crippen molar-refractivity contribution >= 4 is 37.8 Å². The smallest absolute Gasteiger partial charge is 0.343 e. The number of rotatable bonds is 7. The molecule has 0 aliphatic carbocycles. The van der Waals surface area contributed by atoms with Crippen LogP contribution in [0.2, 0.25) is 0 Å². The third-order valence-corrected chi connectivity index (χ3v) is 5.51. The molecule has 3 aromatic carbocycles. The maximum atomic E-state index is 12.5. The van der Waals surface area contributed by atoms with Crippen molar-refractivity contribution in [1.82, 2.24) is 0 Å². The van der Waals surface area contributed by atoms with Crippen LogP contribution in [0.15, 0.2) is 75.7 Å². The van der Waals surface area contributed by atoms with Crippen molar-refractivity contribution in [3.8, 4) is 11.5 Å². The summed E-state index contributed by atoms with van der Waals surface area (Å²) in [7, 11) is 0. The van der Waals surface area contributed by atoms with Gasteiger partial charge in [0.15, 0.2) is 0 Å². The monoisotopic (exact) mass is 502 g/mol. The summed E-state index contributed by atoms with van der Waals surface area (Å²) in [5.74, 6) is 0.781. The van der Waals surface area contributed by atoms with E-state index in [2.05, 4.69) is 50.9 Å². The average molecular weight is 504 g/mol. The minimum absolute atomic E-state index is 0.415. The van der Waals surface area contributed by atoms with E-state index in [1.807, 2.05) is 30.3 Å². The number of hydrogen-bond acceptors (Lipinski definition) is 3. The minimum Gasteiger partial charge on any atom is -0.492 e. The second kappa shape index (κ2) is 9.89. The molecule has 0 radical (unpaired) electrons. The molecule has 144 valence electrons. The van der Waals surface area contributed by atoms with Crippen molar-refractivity contribution in [1.29, 1.82) is 0 Å². The van der Waals surface area contributed by atoms with Crippen molar-refractivity contribution in [3.05, 3.63) is 92.4 Å². The molecule has 28 heavy (non-hydrogen) atoms. The fourth-order valence-electron chi connectivity index (χ4n) is 2.67. The molecule has 0 aromatic heterocycles. The lowest BCUT2D eigenvalue weighted by Crippen LogP contribution is -2.09. The lowest BCUT2D eigenvalue weighted by atomic mass is 10.1. The Balaban J connectivity index is 1.62. The highest BCUT2D eigenvalue weighted by atomic mass is 79.9. The van der Waals surface area contributed by atoms with Gasteiger partial charge in [-0.3, -0.25) is 0 Å². The van der Waals surface area contributed by atoms with Crippen LogP contribution in [0.1, 0.15) is 28.4 Å². The topological polar surface area (TPSA) is 35.5 Å². The van der Waals surface area contributed by atoms with Gasteiger partial charge in [0, 0.05) is 6.42 Å². The van der Waals surface area contributed by atoms with Crippen LogP contribution in [-0.2, 0) is 12.8 Å². The Kier molecular flexibility index (Phi) is 7.29. The Morgan fingerprint density at radius 3 is 2.25 bits per heavy atom. The molecular formula is C23H20Br2O3. The molecule has 3 rings (SSSR count). The molecule has 0 saturated carbocycles. The fraction of sp³-hybridized carbons (Fsp3) is 0.174. The van der Waals surface area contributed by atoms with Gasteiger partial charge in [-0.05, 0) is 79.7 Å². The Morgan fingerprint density at radius 2 is 1.57 bits per heavy atom. The highest BCUT2D eigenvalue weighted by Crippen LogP contribution is 2.29. The Bertz CT molecular complexity index is 955. The summed E-state index contributed by atoms with van der Waals surface area (Å²) >= 11 is 6.93. The molecule has 0 N–H and O–H groups in total. The zero-order valence-corrected chi connectivity index (χ0v) is 18.6. The quantitative estimate of drug-likeness (QED) is 0.268. The van der Waals surface area contributed by atoms with E-state index in [0.29, 0.717) is 23.7 Å². The Labute approximate surface area is 181 Å². The Hall–Kier alpha value is -2.11. The number of hydrogen-bond donors (Lipinski definition) is 0. The molecule has 0 fully saturated rings. The number of carbonyl (C=O) groups excluding carboxylic acids is 1. The lowest BCUT2D eigenvalue weighted by Gasteiger charge is -2.11. The summed E-state index contributed by atoms with van der Waals surface area (Å²) in [4.78, 5) is 12.5. The van der Waals surface area contributed by atoms with Crippen LogP contribution in [0.4, 0.5) is 0 Å². The zero-order valence-electron chi connectivity index (χ0n) is 15.5. The van der Waals surface area contributed by atoms with Gasteiger partial charge in [0.05, 0.1) is 21.1 Å². The predicted molar refractivity (Wildman–Crippen MR) is 118 cm³/mol. The average Bonchev–Trinajstić information content (AvgIpc) is 2.71. The molecule has 5 heteroatoms. The summed E-state index contributed by atoms with van der Waals surface area (Å²) in [5, 5.41) is 0. The van der Waals surface area contributed by atoms with Gasteiger partial charge in [-0.1, -0.05) is 43.3 Å². The standard InChI is InChI=1S/C23H20Br2O3/c1-2-16-8-10-22(19(24)14-16)28-23(26)18-9-11-21(20(25)15-18)27-13-12-17-6-4-3-5-7-17/h3-11,14-15H,2,12-13H2,1H3. The van der Waals surface area contributed by atoms with E-state index in [0.717, 1.165) is 21.8 Å². The number of halogens is 2. The van der Waals surface area contributed by atoms with Gasteiger partial charge in [-0.25, -0.2) is 4.79 Å². The van der Waals surface area contributed by atoms with Gasteiger partial charge in [0.1, 0.15) is 11.5 Å². The summed E-state index contributed by atoms with van der Waals surface area (Å²) in [5.41, 5.74) is 2.85. The van der Waals surface area contributed by atoms with Gasteiger partial charge in [-0.15, -0.1) is 0 Å². The molecule has 3 aromatic rings. The van der Waals surface area contributed by atoms with Crippen molar-refractivity contribution in [2.45, 2.75) is 19.8 Å². The highest BCUT2D eigenvalue weighted by molar-refractivity contribution is 9.10. The predicted octanol–water partition coefficient (Wildman–Crippen LogP) is 6.61. The van der Waals surface area contributed by atoms with Crippen LogP contribution in [0.3, 0.4) is 0 Å². The third-order valence-electron chi connectivity index (χ3n) is 4.27. The maximum absolute atomic E-state index is 12.5. The van der Waals surface area contributed by atoms with E-state index in [9.17, 15) is 4.79 Å². The number of benzene rings is 3. The number of ether oxygens (including phenoxy) is 2. The van der Waals surface area contributed by atoms with Gasteiger partial charge >= 0.3 is 5.97 Å². The van der Waals surface area contributed by atoms with Crippen molar-refractivity contribution < 1.29 is 14.3 Å². The van der Waals surface area contributed by atoms with Gasteiger partial charge in [-0.2, -0.15) is 0 Å². The van der Waals surface area contributed by atoms with Crippen LogP contribution >= 0.6 is 31.9 Å². The summed E-state index contributed by atoms with van der Waals surface area (Å²) in [6.07, 6.45) is 1.74. The second-order valence-corrected chi connectivity index (χ2v) is 7.95. The van der Waals surface area contributed by atoms with E-state index >= 15 is 0 Å². The minimum atomic E-state index is -0.415. The van der Waals surface area contributed by atoms with Crippen LogP contribution in [-0.4, -0.2) is 12.6 Å². The molecule has 0 saturated heterocycles. The molecule has 0 atom stereocenters. The molecule has 0 heterocycles. The SMILES string of the molecule is CCc1ccc(OC(=O)c2ccc(OCCc3ccccc3)c(Br)c2)c(Br)c1. The first-order valence-corrected chi connectivity index (χ1v) is 10.6. The first-order chi connectivity index (χ1) is 13.6. The lowest BCUT2D eigenvalue weighted by molar-refractivity contribution is 0.0733. The fourth-order valence-corrected chi connectivity index (χ4v) is 3.67. The molecule has 0 aliphatic heterocycles. The maximum Gasteiger partial charge on any atom is 0.343 e. The summed E-state index contributed by atoms with van der Waals surface area (Å²) in [6.45, 7) is 2.64. The largest absolute Gasteiger partial charge is 0.492 e. The third kappa shape index (κ3) is 5.46. The molecule has 0 unspecified atom stereocenters. The molecule has 0 spiro atoms. The van der Waals surface area contributed by atoms with Crippen molar-refractivity contribution in [3.63, 3.8) is 0 Å². The van der Waals surface area contributed by atoms with E-state index in [4.69, 9.17) is 9.47 Å². The van der Waals surface area contributed by atoms with Crippen LogP contribution in [0.25, 0.3) is 0 Å². The van der Waals surface area contributed by atoms with Gasteiger partial charge in [0.25, 0.3) is 0 Å². The second-order valence-electron chi connectivity index (χ2n) is 6.24. The van der Waals surface area contributed by atoms with Crippen molar-refractivity contribution in [2.24, 2.45) is 0 Å². The first-order valence-electron chi connectivity index (χ1n) is 9.03. The van der Waals surface area contributed by atoms with E-state index < -0.39 is 5.97 Å². The van der Waals surface area contributed by atoms with E-state index in [1.54, 1.807) is 24.3 Å². The first kappa shape index (κ1) is 20.6. The number of carbonyl (C=O) groups is 1. The van der Waals surface area contributed by atoms with Crippen molar-refractivity contribution in [2.75, 3.05) is 6.61 Å². The highest BCUT2D eigenvalue weighted by Gasteiger charge is 2.13. The summed E-state index contributed by atoms with van der Waals surface area (Å²) in [6, 6.07) is 21.1.